The van der Waals surface area contributed by atoms with Gasteiger partial charge in [-0.25, -0.2) is 4.98 Å². The van der Waals surface area contributed by atoms with Crippen LogP contribution in [-0.2, 0) is 16.5 Å². The molecule has 7 heteroatoms. The number of ether oxygens (including phenoxy) is 2. The molecule has 130 valence electrons. The maximum Gasteiger partial charge on any atom is 0.251 e. The van der Waals surface area contributed by atoms with Crippen LogP contribution in [0.3, 0.4) is 0 Å². The quantitative estimate of drug-likeness (QED) is 0.750. The highest BCUT2D eigenvalue weighted by molar-refractivity contribution is 5.97. The summed E-state index contributed by atoms with van der Waals surface area (Å²) in [6, 6.07) is 5.60. The summed E-state index contributed by atoms with van der Waals surface area (Å²) in [5, 5.41) is 6.21. The molecule has 0 saturated carbocycles. The Labute approximate surface area is 141 Å². The average Bonchev–Trinajstić information content (AvgIpc) is 3.21. The molecule has 7 nitrogen and oxygen atoms in total. The number of carbonyl (C=O) groups excluding carboxylic acids is 1. The molecule has 1 unspecified atom stereocenters. The van der Waals surface area contributed by atoms with E-state index in [1.165, 1.54) is 0 Å². The van der Waals surface area contributed by atoms with E-state index in [0.29, 0.717) is 31.2 Å². The number of nitrogens with one attached hydrogen (secondary N) is 2. The lowest BCUT2D eigenvalue weighted by molar-refractivity contribution is 0.0945. The number of rotatable bonds is 7. The predicted octanol–water partition coefficient (Wildman–Crippen LogP) is 1.40. The minimum Gasteiger partial charge on any atom is -0.383 e. The Hall–Kier alpha value is -2.12. The second-order valence-corrected chi connectivity index (χ2v) is 6.06. The molecule has 0 spiro atoms. The van der Waals surface area contributed by atoms with Gasteiger partial charge < -0.3 is 24.7 Å². The standard InChI is InChI=1S/C17H24N4O3/c1-21-15-4-3-13(16(22)19-10-12-5-7-24-11-12)9-14(15)20-17(21)18-6-8-23-2/h3-4,9,12H,5-8,10-11H2,1-2H3,(H,18,20)(H,19,22). The van der Waals surface area contributed by atoms with Crippen molar-refractivity contribution in [3.05, 3.63) is 23.8 Å². The van der Waals surface area contributed by atoms with Crippen molar-refractivity contribution >= 4 is 22.9 Å². The SMILES string of the molecule is COCCNc1nc2cc(C(=O)NCC3CCOC3)ccc2n1C. The number of anilines is 1. The molecule has 2 heterocycles. The molecule has 1 atom stereocenters. The number of amides is 1. The van der Waals surface area contributed by atoms with Gasteiger partial charge in [-0.05, 0) is 24.6 Å². The molecule has 0 bridgehead atoms. The first kappa shape index (κ1) is 16.7. The van der Waals surface area contributed by atoms with Crippen molar-refractivity contribution in [3.8, 4) is 0 Å². The summed E-state index contributed by atoms with van der Waals surface area (Å²) in [6.07, 6.45) is 1.01. The summed E-state index contributed by atoms with van der Waals surface area (Å²) in [5.74, 6) is 1.12. The predicted molar refractivity (Wildman–Crippen MR) is 92.3 cm³/mol. The minimum atomic E-state index is -0.0663. The monoisotopic (exact) mass is 332 g/mol. The second-order valence-electron chi connectivity index (χ2n) is 6.06. The number of nitrogens with zero attached hydrogens (tertiary/aromatic N) is 2. The van der Waals surface area contributed by atoms with Gasteiger partial charge in [0.25, 0.3) is 5.91 Å². The molecular formula is C17H24N4O3. The Morgan fingerprint density at radius 2 is 2.38 bits per heavy atom. The number of benzene rings is 1. The van der Waals surface area contributed by atoms with Crippen LogP contribution in [-0.4, -0.2) is 55.5 Å². The molecular weight excluding hydrogens is 308 g/mol. The zero-order valence-electron chi connectivity index (χ0n) is 14.2. The highest BCUT2D eigenvalue weighted by atomic mass is 16.5. The van der Waals surface area contributed by atoms with Gasteiger partial charge in [0.05, 0.1) is 24.2 Å². The van der Waals surface area contributed by atoms with Crippen LogP contribution in [0, 0.1) is 5.92 Å². The average molecular weight is 332 g/mol. The lowest BCUT2D eigenvalue weighted by atomic mass is 10.1. The minimum absolute atomic E-state index is 0.0663. The molecule has 0 aliphatic carbocycles. The zero-order valence-corrected chi connectivity index (χ0v) is 14.2. The maximum atomic E-state index is 12.3. The van der Waals surface area contributed by atoms with Crippen molar-refractivity contribution < 1.29 is 14.3 Å². The Kier molecular flexibility index (Phi) is 5.32. The summed E-state index contributed by atoms with van der Waals surface area (Å²) in [4.78, 5) is 16.9. The first-order chi connectivity index (χ1) is 11.7. The molecule has 1 aliphatic heterocycles. The van der Waals surface area contributed by atoms with Gasteiger partial charge in [-0.3, -0.25) is 4.79 Å². The lowest BCUT2D eigenvalue weighted by Gasteiger charge is -2.09. The van der Waals surface area contributed by atoms with Crippen LogP contribution in [0.1, 0.15) is 16.8 Å². The van der Waals surface area contributed by atoms with Crippen molar-refractivity contribution in [2.45, 2.75) is 6.42 Å². The van der Waals surface area contributed by atoms with Crippen LogP contribution in [0.2, 0.25) is 0 Å². The Morgan fingerprint density at radius 1 is 1.50 bits per heavy atom. The van der Waals surface area contributed by atoms with E-state index < -0.39 is 0 Å². The Bertz CT molecular complexity index is 707. The van der Waals surface area contributed by atoms with Crippen LogP contribution in [0.25, 0.3) is 11.0 Å². The van der Waals surface area contributed by atoms with E-state index in [2.05, 4.69) is 15.6 Å². The number of methoxy groups -OCH3 is 1. The number of carbonyl (C=O) groups is 1. The van der Waals surface area contributed by atoms with Gasteiger partial charge >= 0.3 is 0 Å². The molecule has 3 rings (SSSR count). The van der Waals surface area contributed by atoms with E-state index in [1.807, 2.05) is 29.8 Å². The molecule has 24 heavy (non-hydrogen) atoms. The van der Waals surface area contributed by atoms with Crippen molar-refractivity contribution in [3.63, 3.8) is 0 Å². The van der Waals surface area contributed by atoms with Crippen molar-refractivity contribution in [1.29, 1.82) is 0 Å². The van der Waals surface area contributed by atoms with Crippen LogP contribution < -0.4 is 10.6 Å². The number of hydrogen-bond acceptors (Lipinski definition) is 5. The molecule has 2 N–H and O–H groups in total. The number of imidazole rings is 1. The van der Waals surface area contributed by atoms with E-state index in [4.69, 9.17) is 9.47 Å². The van der Waals surface area contributed by atoms with Gasteiger partial charge in [-0.2, -0.15) is 0 Å². The summed E-state index contributed by atoms with van der Waals surface area (Å²) >= 11 is 0. The van der Waals surface area contributed by atoms with Crippen LogP contribution >= 0.6 is 0 Å². The van der Waals surface area contributed by atoms with E-state index in [9.17, 15) is 4.79 Å². The summed E-state index contributed by atoms with van der Waals surface area (Å²) in [7, 11) is 3.61. The molecule has 2 aromatic rings. The topological polar surface area (TPSA) is 77.4 Å². The second kappa shape index (κ2) is 7.63. The molecule has 1 aromatic carbocycles. The zero-order chi connectivity index (χ0) is 16.9. The van der Waals surface area contributed by atoms with Gasteiger partial charge in [0.15, 0.2) is 0 Å². The number of fused-ring (bicyclic) bond motifs is 1. The molecule has 1 aromatic heterocycles. The van der Waals surface area contributed by atoms with Gasteiger partial charge in [0.2, 0.25) is 5.95 Å². The van der Waals surface area contributed by atoms with E-state index in [-0.39, 0.29) is 5.91 Å². The smallest absolute Gasteiger partial charge is 0.251 e. The Balaban J connectivity index is 1.69. The normalized spacial score (nSPS) is 17.3. The third kappa shape index (κ3) is 3.68. The van der Waals surface area contributed by atoms with E-state index in [0.717, 1.165) is 36.6 Å². The fraction of sp³-hybridized carbons (Fsp3) is 0.529. The van der Waals surface area contributed by atoms with Crippen molar-refractivity contribution in [2.75, 3.05) is 45.3 Å². The first-order valence-electron chi connectivity index (χ1n) is 8.24. The van der Waals surface area contributed by atoms with Gasteiger partial charge in [0.1, 0.15) is 0 Å². The van der Waals surface area contributed by atoms with Gasteiger partial charge in [-0.1, -0.05) is 0 Å². The molecule has 0 radical (unpaired) electrons. The van der Waals surface area contributed by atoms with Crippen LogP contribution in [0.15, 0.2) is 18.2 Å². The molecule has 1 aliphatic rings. The van der Waals surface area contributed by atoms with Crippen molar-refractivity contribution in [2.24, 2.45) is 13.0 Å². The van der Waals surface area contributed by atoms with E-state index >= 15 is 0 Å². The van der Waals surface area contributed by atoms with E-state index in [1.54, 1.807) is 7.11 Å². The highest BCUT2D eigenvalue weighted by Gasteiger charge is 2.17. The molecule has 1 fully saturated rings. The number of aromatic nitrogens is 2. The lowest BCUT2D eigenvalue weighted by Crippen LogP contribution is -2.29. The third-order valence-corrected chi connectivity index (χ3v) is 4.31. The van der Waals surface area contributed by atoms with Gasteiger partial charge in [0, 0.05) is 45.3 Å². The van der Waals surface area contributed by atoms with Gasteiger partial charge in [-0.15, -0.1) is 0 Å². The maximum absolute atomic E-state index is 12.3. The largest absolute Gasteiger partial charge is 0.383 e. The molecule has 1 amide bonds. The first-order valence-corrected chi connectivity index (χ1v) is 8.24. The number of aryl methyl sites for hydroxylation is 1. The highest BCUT2D eigenvalue weighted by Crippen LogP contribution is 2.20. The number of hydrogen-bond donors (Lipinski definition) is 2. The molecule has 1 saturated heterocycles. The Morgan fingerprint density at radius 3 is 3.12 bits per heavy atom. The third-order valence-electron chi connectivity index (χ3n) is 4.31. The fourth-order valence-corrected chi connectivity index (χ4v) is 2.85. The summed E-state index contributed by atoms with van der Waals surface area (Å²) in [5.41, 5.74) is 2.41. The van der Waals surface area contributed by atoms with Crippen LogP contribution in [0.5, 0.6) is 0 Å². The summed E-state index contributed by atoms with van der Waals surface area (Å²) in [6.45, 7) is 3.48. The van der Waals surface area contributed by atoms with Crippen LogP contribution in [0.4, 0.5) is 5.95 Å². The fourth-order valence-electron chi connectivity index (χ4n) is 2.85. The summed E-state index contributed by atoms with van der Waals surface area (Å²) < 4.78 is 12.3. The van der Waals surface area contributed by atoms with Crippen molar-refractivity contribution in [1.82, 2.24) is 14.9 Å².